The van der Waals surface area contributed by atoms with Crippen LogP contribution in [0, 0.1) is 11.3 Å². The number of rotatable bonds is 3. The fourth-order valence-corrected chi connectivity index (χ4v) is 1.81. The Morgan fingerprint density at radius 3 is 2.80 bits per heavy atom. The molecule has 0 fully saturated rings. The summed E-state index contributed by atoms with van der Waals surface area (Å²) in [6, 6.07) is 13.1. The van der Waals surface area contributed by atoms with Crippen molar-refractivity contribution in [1.29, 1.82) is 5.26 Å². The van der Waals surface area contributed by atoms with Gasteiger partial charge in [-0.3, -0.25) is 0 Å². The van der Waals surface area contributed by atoms with E-state index in [-0.39, 0.29) is 18.0 Å². The number of hydrogen-bond acceptors (Lipinski definition) is 5. The number of anilines is 2. The van der Waals surface area contributed by atoms with Gasteiger partial charge in [0.15, 0.2) is 0 Å². The van der Waals surface area contributed by atoms with Gasteiger partial charge in [-0.1, -0.05) is 18.2 Å². The predicted octanol–water partition coefficient (Wildman–Crippen LogP) is 1.16. The molecule has 0 saturated carbocycles. The predicted molar refractivity (Wildman–Crippen MR) is 72.6 cm³/mol. The minimum Gasteiger partial charge on any atom is -0.340 e. The van der Waals surface area contributed by atoms with Gasteiger partial charge in [0.1, 0.15) is 12.4 Å². The maximum absolute atomic E-state index is 11.8. The highest BCUT2D eigenvalue weighted by molar-refractivity contribution is 5.56. The van der Waals surface area contributed by atoms with Crippen LogP contribution in [0.3, 0.4) is 0 Å². The number of nitriles is 1. The third-order valence-corrected chi connectivity index (χ3v) is 2.72. The summed E-state index contributed by atoms with van der Waals surface area (Å²) in [5, 5.41) is 15.7. The number of aromatic nitrogens is 4. The number of nitrogens with one attached hydrogen (secondary N) is 1. The number of hydrogen-bond donors (Lipinski definition) is 1. The Kier molecular flexibility index (Phi) is 2.89. The molecule has 0 amide bonds. The molecule has 0 unspecified atom stereocenters. The normalized spacial score (nSPS) is 10.3. The van der Waals surface area contributed by atoms with Crippen molar-refractivity contribution in [3.8, 4) is 6.07 Å². The molecule has 7 heteroatoms. The standard InChI is InChI=1S/C13H10N6O/c14-7-9-19-13(20)18-8-6-11(16-12(18)17-19)15-10-4-2-1-3-5-10/h1-6,8H,9H2,(H,15,16,17). The van der Waals surface area contributed by atoms with Crippen LogP contribution in [0.2, 0.25) is 0 Å². The van der Waals surface area contributed by atoms with Gasteiger partial charge in [0, 0.05) is 11.9 Å². The molecule has 0 aliphatic carbocycles. The van der Waals surface area contributed by atoms with Gasteiger partial charge in [0.05, 0.1) is 6.07 Å². The minimum absolute atomic E-state index is 0.0936. The summed E-state index contributed by atoms with van der Waals surface area (Å²) in [5.41, 5.74) is 0.517. The molecule has 0 saturated heterocycles. The topological polar surface area (TPSA) is 88.0 Å². The van der Waals surface area contributed by atoms with Crippen molar-refractivity contribution in [2.75, 3.05) is 5.32 Å². The minimum atomic E-state index is -0.375. The number of benzene rings is 1. The summed E-state index contributed by atoms with van der Waals surface area (Å²) in [5.74, 6) is 0.837. The average Bonchev–Trinajstić information content (AvgIpc) is 2.77. The third-order valence-electron chi connectivity index (χ3n) is 2.72. The van der Waals surface area contributed by atoms with E-state index >= 15 is 0 Å². The van der Waals surface area contributed by atoms with Crippen molar-refractivity contribution < 1.29 is 0 Å². The maximum Gasteiger partial charge on any atom is 0.352 e. The molecule has 0 atom stereocenters. The molecule has 3 rings (SSSR count). The summed E-state index contributed by atoms with van der Waals surface area (Å²) in [4.78, 5) is 16.1. The van der Waals surface area contributed by atoms with E-state index in [1.165, 1.54) is 4.40 Å². The van der Waals surface area contributed by atoms with E-state index in [0.717, 1.165) is 10.4 Å². The first-order valence-corrected chi connectivity index (χ1v) is 5.93. The van der Waals surface area contributed by atoms with Gasteiger partial charge in [0.2, 0.25) is 0 Å². The molecule has 0 radical (unpaired) electrons. The first-order valence-electron chi connectivity index (χ1n) is 5.93. The molecule has 0 bridgehead atoms. The fourth-order valence-electron chi connectivity index (χ4n) is 1.81. The Hall–Kier alpha value is -3.14. The van der Waals surface area contributed by atoms with Crippen LogP contribution in [-0.4, -0.2) is 19.2 Å². The molecule has 0 spiro atoms. The zero-order chi connectivity index (χ0) is 13.9. The summed E-state index contributed by atoms with van der Waals surface area (Å²) in [6.07, 6.45) is 1.58. The number of para-hydroxylation sites is 1. The lowest BCUT2D eigenvalue weighted by molar-refractivity contribution is 0.679. The molecular formula is C13H10N6O. The molecule has 7 nitrogen and oxygen atoms in total. The first-order chi connectivity index (χ1) is 9.78. The smallest absolute Gasteiger partial charge is 0.340 e. The molecule has 0 aliphatic rings. The highest BCUT2D eigenvalue weighted by atomic mass is 16.2. The van der Waals surface area contributed by atoms with Crippen LogP contribution < -0.4 is 11.0 Å². The molecular weight excluding hydrogens is 256 g/mol. The van der Waals surface area contributed by atoms with E-state index in [0.29, 0.717) is 5.82 Å². The van der Waals surface area contributed by atoms with E-state index in [1.807, 2.05) is 36.4 Å². The van der Waals surface area contributed by atoms with Gasteiger partial charge >= 0.3 is 5.69 Å². The van der Waals surface area contributed by atoms with Crippen molar-refractivity contribution in [2.24, 2.45) is 0 Å². The van der Waals surface area contributed by atoms with Crippen LogP contribution in [0.15, 0.2) is 47.4 Å². The maximum atomic E-state index is 11.8. The van der Waals surface area contributed by atoms with Crippen LogP contribution in [0.4, 0.5) is 11.5 Å². The molecule has 1 aromatic carbocycles. The van der Waals surface area contributed by atoms with E-state index in [2.05, 4.69) is 15.4 Å². The molecule has 98 valence electrons. The van der Waals surface area contributed by atoms with Gasteiger partial charge in [-0.2, -0.15) is 14.9 Å². The van der Waals surface area contributed by atoms with Crippen molar-refractivity contribution >= 4 is 17.3 Å². The second-order valence-electron chi connectivity index (χ2n) is 4.07. The molecule has 2 aromatic heterocycles. The van der Waals surface area contributed by atoms with Gasteiger partial charge in [0.25, 0.3) is 5.78 Å². The van der Waals surface area contributed by atoms with Gasteiger partial charge in [-0.25, -0.2) is 9.20 Å². The summed E-state index contributed by atoms with van der Waals surface area (Å²) >= 11 is 0. The SMILES string of the molecule is N#CCn1nc2nc(Nc3ccccc3)ccn2c1=O. The van der Waals surface area contributed by atoms with Crippen molar-refractivity contribution in [2.45, 2.75) is 6.54 Å². The largest absolute Gasteiger partial charge is 0.352 e. The summed E-state index contributed by atoms with van der Waals surface area (Å²) in [7, 11) is 0. The second-order valence-corrected chi connectivity index (χ2v) is 4.07. The van der Waals surface area contributed by atoms with E-state index in [4.69, 9.17) is 5.26 Å². The van der Waals surface area contributed by atoms with E-state index in [1.54, 1.807) is 12.3 Å². The lowest BCUT2D eigenvalue weighted by atomic mass is 10.3. The lowest BCUT2D eigenvalue weighted by Gasteiger charge is -2.04. The van der Waals surface area contributed by atoms with Crippen LogP contribution >= 0.6 is 0 Å². The van der Waals surface area contributed by atoms with Gasteiger partial charge in [-0.05, 0) is 18.2 Å². The van der Waals surface area contributed by atoms with E-state index in [9.17, 15) is 4.79 Å². The number of nitrogens with zero attached hydrogens (tertiary/aromatic N) is 5. The van der Waals surface area contributed by atoms with Crippen molar-refractivity contribution in [3.63, 3.8) is 0 Å². The molecule has 3 aromatic rings. The summed E-state index contributed by atoms with van der Waals surface area (Å²) in [6.45, 7) is -0.0936. The summed E-state index contributed by atoms with van der Waals surface area (Å²) < 4.78 is 2.38. The Morgan fingerprint density at radius 1 is 1.25 bits per heavy atom. The third kappa shape index (κ3) is 2.10. The Labute approximate surface area is 113 Å². The van der Waals surface area contributed by atoms with Gasteiger partial charge < -0.3 is 5.32 Å². The van der Waals surface area contributed by atoms with Gasteiger partial charge in [-0.15, -0.1) is 5.10 Å². The lowest BCUT2D eigenvalue weighted by Crippen LogP contribution is -2.20. The number of fused-ring (bicyclic) bond motifs is 1. The molecule has 2 heterocycles. The van der Waals surface area contributed by atoms with Crippen LogP contribution in [-0.2, 0) is 6.54 Å². The first kappa shape index (κ1) is 11.9. The highest BCUT2D eigenvalue weighted by Crippen LogP contribution is 2.13. The Morgan fingerprint density at radius 2 is 2.05 bits per heavy atom. The van der Waals surface area contributed by atoms with Crippen molar-refractivity contribution in [3.05, 3.63) is 53.1 Å². The fraction of sp³-hybridized carbons (Fsp3) is 0.0769. The zero-order valence-electron chi connectivity index (χ0n) is 10.4. The highest BCUT2D eigenvalue weighted by Gasteiger charge is 2.08. The monoisotopic (exact) mass is 266 g/mol. The second kappa shape index (κ2) is 4.85. The van der Waals surface area contributed by atoms with E-state index < -0.39 is 0 Å². The zero-order valence-corrected chi connectivity index (χ0v) is 10.4. The molecule has 20 heavy (non-hydrogen) atoms. The molecule has 0 aliphatic heterocycles. The average molecular weight is 266 g/mol. The Bertz CT molecular complexity index is 843. The van der Waals surface area contributed by atoms with Crippen LogP contribution in [0.5, 0.6) is 0 Å². The Balaban J connectivity index is 1.99. The quantitative estimate of drug-likeness (QED) is 0.768. The van der Waals surface area contributed by atoms with Crippen molar-refractivity contribution in [1.82, 2.24) is 19.2 Å². The van der Waals surface area contributed by atoms with Crippen LogP contribution in [0.1, 0.15) is 0 Å². The molecule has 1 N–H and O–H groups in total. The van der Waals surface area contributed by atoms with Crippen LogP contribution in [0.25, 0.3) is 5.78 Å².